The van der Waals surface area contributed by atoms with Crippen LogP contribution in [0.15, 0.2) is 16.1 Å². The van der Waals surface area contributed by atoms with Crippen molar-refractivity contribution in [3.63, 3.8) is 0 Å². The fourth-order valence-corrected chi connectivity index (χ4v) is 4.15. The molecule has 0 saturated heterocycles. The molecule has 3 aromatic rings. The fraction of sp³-hybridized carbons (Fsp3) is 0.353. The Balaban J connectivity index is 1.59. The van der Waals surface area contributed by atoms with Gasteiger partial charge in [-0.2, -0.15) is 4.98 Å². The van der Waals surface area contributed by atoms with Crippen molar-refractivity contribution in [1.29, 1.82) is 0 Å². The highest BCUT2D eigenvalue weighted by Crippen LogP contribution is 2.45. The largest absolute Gasteiger partial charge is 0.485 e. The molecule has 5 rings (SSSR count). The molecule has 0 unspecified atom stereocenters. The number of rotatable bonds is 2. The van der Waals surface area contributed by atoms with E-state index >= 15 is 0 Å². The number of aromatic nitrogens is 3. The van der Waals surface area contributed by atoms with Gasteiger partial charge in [-0.15, -0.1) is 11.3 Å². The van der Waals surface area contributed by atoms with Gasteiger partial charge >= 0.3 is 0 Å². The van der Waals surface area contributed by atoms with Crippen LogP contribution in [0.25, 0.3) is 22.2 Å². The summed E-state index contributed by atoms with van der Waals surface area (Å²) in [5, 5.41) is 9.51. The van der Waals surface area contributed by atoms with Gasteiger partial charge in [-0.25, -0.2) is 0 Å². The third kappa shape index (κ3) is 2.40. The van der Waals surface area contributed by atoms with E-state index in [0.717, 1.165) is 41.4 Å². The molecule has 0 fully saturated rings. The Bertz CT molecular complexity index is 950. The van der Waals surface area contributed by atoms with E-state index in [2.05, 4.69) is 20.4 Å². The van der Waals surface area contributed by atoms with Crippen LogP contribution >= 0.6 is 11.3 Å². The summed E-state index contributed by atoms with van der Waals surface area (Å²) >= 11 is 1.49. The van der Waals surface area contributed by atoms with Crippen LogP contribution in [0.1, 0.15) is 16.8 Å². The van der Waals surface area contributed by atoms with Crippen LogP contribution in [0.5, 0.6) is 11.5 Å². The maximum atomic E-state index is 5.72. The predicted octanol–water partition coefficient (Wildman–Crippen LogP) is 2.59. The number of fused-ring (bicyclic) bond motifs is 2. The van der Waals surface area contributed by atoms with E-state index in [4.69, 9.17) is 14.0 Å². The number of nitrogens with zero attached hydrogens (tertiary/aromatic N) is 3. The summed E-state index contributed by atoms with van der Waals surface area (Å²) in [6.07, 6.45) is 2.87. The van der Waals surface area contributed by atoms with E-state index in [9.17, 15) is 0 Å². The molecule has 0 spiro atoms. The number of aryl methyl sites for hydroxylation is 1. The van der Waals surface area contributed by atoms with Gasteiger partial charge in [0.2, 0.25) is 5.82 Å². The molecule has 1 N–H and O–H groups in total. The Morgan fingerprint density at radius 3 is 3.12 bits per heavy atom. The topological polar surface area (TPSA) is 82.3 Å². The van der Waals surface area contributed by atoms with Crippen molar-refractivity contribution in [2.24, 2.45) is 0 Å². The van der Waals surface area contributed by atoms with Crippen molar-refractivity contribution in [2.75, 3.05) is 19.8 Å². The van der Waals surface area contributed by atoms with Crippen molar-refractivity contribution < 1.29 is 14.0 Å². The van der Waals surface area contributed by atoms with E-state index in [1.807, 2.05) is 18.5 Å². The molecule has 128 valence electrons. The summed E-state index contributed by atoms with van der Waals surface area (Å²) < 4.78 is 16.9. The monoisotopic (exact) mass is 356 g/mol. The Kier molecular flexibility index (Phi) is 3.46. The van der Waals surface area contributed by atoms with E-state index in [1.54, 1.807) is 0 Å². The Hall–Kier alpha value is -2.45. The molecule has 8 heteroatoms. The molecule has 5 heterocycles. The minimum Gasteiger partial charge on any atom is -0.485 e. The van der Waals surface area contributed by atoms with E-state index in [0.29, 0.717) is 30.7 Å². The van der Waals surface area contributed by atoms with Crippen LogP contribution < -0.4 is 14.8 Å². The van der Waals surface area contributed by atoms with Crippen LogP contribution in [0.2, 0.25) is 0 Å². The molecule has 7 nitrogen and oxygen atoms in total. The van der Waals surface area contributed by atoms with E-state index < -0.39 is 0 Å². The quantitative estimate of drug-likeness (QED) is 0.756. The van der Waals surface area contributed by atoms with Crippen molar-refractivity contribution >= 4 is 11.3 Å². The maximum absolute atomic E-state index is 5.72. The average Bonchev–Trinajstić information content (AvgIpc) is 3.28. The highest BCUT2D eigenvalue weighted by atomic mass is 32.1. The number of hydrogen-bond acceptors (Lipinski definition) is 8. The minimum atomic E-state index is 0.456. The van der Waals surface area contributed by atoms with E-state index in [-0.39, 0.29) is 0 Å². The Morgan fingerprint density at radius 1 is 1.24 bits per heavy atom. The first-order valence-electron chi connectivity index (χ1n) is 8.21. The third-order valence-electron chi connectivity index (χ3n) is 4.48. The zero-order valence-corrected chi connectivity index (χ0v) is 14.5. The van der Waals surface area contributed by atoms with Crippen molar-refractivity contribution in [3.05, 3.63) is 28.4 Å². The van der Waals surface area contributed by atoms with E-state index in [1.165, 1.54) is 22.5 Å². The molecule has 2 aliphatic rings. The van der Waals surface area contributed by atoms with Crippen LogP contribution in [0.3, 0.4) is 0 Å². The second kappa shape index (κ2) is 5.82. The molecular weight excluding hydrogens is 340 g/mol. The molecule has 0 saturated carbocycles. The van der Waals surface area contributed by atoms with Crippen LogP contribution in [0.4, 0.5) is 0 Å². The van der Waals surface area contributed by atoms with Crippen LogP contribution in [0, 0.1) is 6.92 Å². The summed E-state index contributed by atoms with van der Waals surface area (Å²) in [4.78, 5) is 9.95. The van der Waals surface area contributed by atoms with Gasteiger partial charge in [0.05, 0.1) is 0 Å². The molecule has 25 heavy (non-hydrogen) atoms. The summed E-state index contributed by atoms with van der Waals surface area (Å²) in [6, 6.07) is 0. The van der Waals surface area contributed by atoms with Crippen molar-refractivity contribution in [3.8, 4) is 33.7 Å². The smallest absolute Gasteiger partial charge is 0.272 e. The molecule has 0 aliphatic carbocycles. The summed E-state index contributed by atoms with van der Waals surface area (Å²) in [6.45, 7) is 4.84. The second-order valence-corrected chi connectivity index (χ2v) is 6.91. The molecule has 0 aromatic carbocycles. The highest BCUT2D eigenvalue weighted by Gasteiger charge is 2.26. The molecule has 3 aromatic heterocycles. The zero-order chi connectivity index (χ0) is 16.8. The van der Waals surface area contributed by atoms with Gasteiger partial charge in [0.25, 0.3) is 5.89 Å². The first kappa shape index (κ1) is 14.9. The fourth-order valence-electron chi connectivity index (χ4n) is 3.29. The molecular formula is C17H16N4O3S. The standard InChI is InChI=1S/C17H16N4O3S/c1-9-13(11-2-3-18-6-10(11)7-19-9)16-20-17(24-21-16)15-14-12(8-25-15)22-4-5-23-14/h7-8,18H,2-6H2,1H3. The lowest BCUT2D eigenvalue weighted by molar-refractivity contribution is 0.174. The van der Waals surface area contributed by atoms with Gasteiger partial charge in [0.1, 0.15) is 18.1 Å². The molecule has 2 aliphatic heterocycles. The van der Waals surface area contributed by atoms with Crippen LogP contribution in [-0.2, 0) is 13.0 Å². The first-order valence-corrected chi connectivity index (χ1v) is 9.09. The molecule has 0 amide bonds. The maximum Gasteiger partial charge on any atom is 0.272 e. The summed E-state index contributed by atoms with van der Waals surface area (Å²) in [5.41, 5.74) is 4.35. The number of nitrogens with one attached hydrogen (secondary N) is 1. The third-order valence-corrected chi connectivity index (χ3v) is 5.41. The van der Waals surface area contributed by atoms with Gasteiger partial charge in [-0.05, 0) is 31.0 Å². The van der Waals surface area contributed by atoms with Crippen LogP contribution in [-0.4, -0.2) is 34.9 Å². The summed E-state index contributed by atoms with van der Waals surface area (Å²) in [5.74, 6) is 2.47. The van der Waals surface area contributed by atoms with Gasteiger partial charge < -0.3 is 19.3 Å². The minimum absolute atomic E-state index is 0.456. The number of thiophene rings is 1. The molecule has 0 atom stereocenters. The predicted molar refractivity (Wildman–Crippen MR) is 92.0 cm³/mol. The normalized spacial score (nSPS) is 15.9. The number of pyridine rings is 1. The highest BCUT2D eigenvalue weighted by molar-refractivity contribution is 7.14. The van der Waals surface area contributed by atoms with Gasteiger partial charge in [-0.3, -0.25) is 4.98 Å². The van der Waals surface area contributed by atoms with Crippen molar-refractivity contribution in [1.82, 2.24) is 20.4 Å². The number of hydrogen-bond donors (Lipinski definition) is 1. The Morgan fingerprint density at radius 2 is 2.16 bits per heavy atom. The van der Waals surface area contributed by atoms with Gasteiger partial charge in [0, 0.05) is 29.4 Å². The first-order chi connectivity index (χ1) is 12.3. The molecule has 0 bridgehead atoms. The van der Waals surface area contributed by atoms with Crippen molar-refractivity contribution in [2.45, 2.75) is 19.9 Å². The average molecular weight is 356 g/mol. The lowest BCUT2D eigenvalue weighted by Gasteiger charge is -2.19. The lowest BCUT2D eigenvalue weighted by Crippen LogP contribution is -2.24. The summed E-state index contributed by atoms with van der Waals surface area (Å²) in [7, 11) is 0. The SMILES string of the molecule is Cc1ncc2c(c1-c1noc(-c3scc4c3OCCO4)n1)CCNC2. The molecule has 0 radical (unpaired) electrons. The van der Waals surface area contributed by atoms with Gasteiger partial charge in [0.15, 0.2) is 11.5 Å². The van der Waals surface area contributed by atoms with Gasteiger partial charge in [-0.1, -0.05) is 5.16 Å². The number of ether oxygens (including phenoxy) is 2. The lowest BCUT2D eigenvalue weighted by atomic mass is 9.95. The zero-order valence-electron chi connectivity index (χ0n) is 13.7. The second-order valence-electron chi connectivity index (χ2n) is 6.03. The Labute approximate surface area is 148 Å².